The number of nitrogens with zero attached hydrogens (tertiary/aromatic N) is 7. The summed E-state index contributed by atoms with van der Waals surface area (Å²) >= 11 is 0. The monoisotopic (exact) mass is 538 g/mol. The number of anilines is 1. The highest BCUT2D eigenvalue weighted by molar-refractivity contribution is 5.81. The number of aromatic nitrogens is 7. The van der Waals surface area contributed by atoms with E-state index < -0.39 is 0 Å². The molecule has 1 aromatic carbocycles. The summed E-state index contributed by atoms with van der Waals surface area (Å²) in [6.07, 6.45) is 6.74. The molecule has 0 unspecified atom stereocenters. The van der Waals surface area contributed by atoms with E-state index in [1.54, 1.807) is 15.6 Å². The Morgan fingerprint density at radius 1 is 1.13 bits per heavy atom. The SMILES string of the molecule is CCCCOc1nc(N)c2[nH]c(=O)n(CCCN(CCCNCCO)Cc3ccc(-n4cncn4)cc3)c2n1. The molecule has 0 spiro atoms. The third kappa shape index (κ3) is 7.85. The summed E-state index contributed by atoms with van der Waals surface area (Å²) in [7, 11) is 0. The number of nitrogens with two attached hydrogens (primary N) is 1. The van der Waals surface area contributed by atoms with Crippen LogP contribution >= 0.6 is 0 Å². The number of H-pyrrole nitrogens is 1. The number of benzene rings is 1. The molecule has 3 heterocycles. The van der Waals surface area contributed by atoms with Gasteiger partial charge in [-0.25, -0.2) is 14.5 Å². The lowest BCUT2D eigenvalue weighted by Crippen LogP contribution is -2.30. The van der Waals surface area contributed by atoms with Crippen LogP contribution in [-0.2, 0) is 13.1 Å². The number of nitrogens with one attached hydrogen (secondary N) is 2. The summed E-state index contributed by atoms with van der Waals surface area (Å²) in [4.78, 5) is 30.5. The van der Waals surface area contributed by atoms with E-state index in [0.29, 0.717) is 30.9 Å². The van der Waals surface area contributed by atoms with Crippen molar-refractivity contribution in [3.63, 3.8) is 0 Å². The fraction of sp³-hybridized carbons (Fsp3) is 0.500. The molecule has 0 bridgehead atoms. The number of imidazole rings is 1. The van der Waals surface area contributed by atoms with E-state index in [1.807, 2.05) is 12.1 Å². The van der Waals surface area contributed by atoms with Crippen LogP contribution in [0.3, 0.4) is 0 Å². The Kier molecular flexibility index (Phi) is 10.4. The van der Waals surface area contributed by atoms with E-state index in [-0.39, 0.29) is 24.1 Å². The highest BCUT2D eigenvalue weighted by Crippen LogP contribution is 2.18. The molecule has 3 aromatic heterocycles. The molecule has 0 radical (unpaired) electrons. The zero-order valence-electron chi connectivity index (χ0n) is 22.4. The average Bonchev–Trinajstić information content (AvgIpc) is 3.58. The number of unbranched alkanes of at least 4 members (excludes halogenated alkanes) is 1. The number of fused-ring (bicyclic) bond motifs is 1. The van der Waals surface area contributed by atoms with E-state index in [1.165, 1.54) is 11.9 Å². The van der Waals surface area contributed by atoms with Gasteiger partial charge in [0.25, 0.3) is 0 Å². The first-order valence-electron chi connectivity index (χ1n) is 13.5. The van der Waals surface area contributed by atoms with Crippen molar-refractivity contribution < 1.29 is 9.84 Å². The highest BCUT2D eigenvalue weighted by atomic mass is 16.5. The lowest BCUT2D eigenvalue weighted by Gasteiger charge is -2.23. The van der Waals surface area contributed by atoms with E-state index in [4.69, 9.17) is 15.6 Å². The van der Waals surface area contributed by atoms with Gasteiger partial charge in [-0.05, 0) is 50.0 Å². The normalized spacial score (nSPS) is 11.6. The van der Waals surface area contributed by atoms with Crippen molar-refractivity contribution in [3.05, 3.63) is 53.0 Å². The molecule has 0 aliphatic heterocycles. The summed E-state index contributed by atoms with van der Waals surface area (Å²) in [5.41, 5.74) is 8.85. The predicted octanol–water partition coefficient (Wildman–Crippen LogP) is 1.33. The average molecular weight is 539 g/mol. The molecule has 0 saturated carbocycles. The van der Waals surface area contributed by atoms with E-state index in [0.717, 1.165) is 57.5 Å². The minimum Gasteiger partial charge on any atom is -0.463 e. The van der Waals surface area contributed by atoms with Crippen LogP contribution < -0.4 is 21.5 Å². The number of nitrogen functional groups attached to an aromatic ring is 1. The number of aliphatic hydroxyl groups is 1. The Bertz CT molecular complexity index is 1330. The summed E-state index contributed by atoms with van der Waals surface area (Å²) in [5, 5.41) is 16.4. The number of aryl methyl sites for hydroxylation is 1. The predicted molar refractivity (Wildman–Crippen MR) is 149 cm³/mol. The van der Waals surface area contributed by atoms with Crippen LogP contribution in [0.15, 0.2) is 41.7 Å². The lowest BCUT2D eigenvalue weighted by atomic mass is 10.2. The quantitative estimate of drug-likeness (QED) is 0.144. The second-order valence-corrected chi connectivity index (χ2v) is 9.34. The molecular formula is C26H38N10O3. The van der Waals surface area contributed by atoms with Crippen molar-refractivity contribution in [3.8, 4) is 11.7 Å². The Hall–Kier alpha value is -3.81. The zero-order valence-corrected chi connectivity index (χ0v) is 22.4. The zero-order chi connectivity index (χ0) is 27.5. The molecule has 0 atom stereocenters. The largest absolute Gasteiger partial charge is 0.463 e. The second kappa shape index (κ2) is 14.4. The van der Waals surface area contributed by atoms with Gasteiger partial charge in [-0.1, -0.05) is 25.5 Å². The summed E-state index contributed by atoms with van der Waals surface area (Å²) in [6.45, 7) is 7.01. The van der Waals surface area contributed by atoms with Crippen LogP contribution in [-0.4, -0.2) is 83.7 Å². The number of rotatable bonds is 17. The van der Waals surface area contributed by atoms with Crippen LogP contribution in [0.5, 0.6) is 6.01 Å². The Morgan fingerprint density at radius 3 is 2.69 bits per heavy atom. The first-order valence-corrected chi connectivity index (χ1v) is 13.5. The minimum atomic E-state index is -0.264. The van der Waals surface area contributed by atoms with Gasteiger partial charge in [0.1, 0.15) is 18.2 Å². The minimum absolute atomic E-state index is 0.126. The molecule has 0 aliphatic rings. The molecule has 0 fully saturated rings. The molecule has 210 valence electrons. The van der Waals surface area contributed by atoms with E-state index >= 15 is 0 Å². The molecule has 0 aliphatic carbocycles. The Balaban J connectivity index is 1.41. The molecule has 13 heteroatoms. The van der Waals surface area contributed by atoms with Gasteiger partial charge in [0.15, 0.2) is 11.5 Å². The van der Waals surface area contributed by atoms with Crippen LogP contribution in [0.2, 0.25) is 0 Å². The summed E-state index contributed by atoms with van der Waals surface area (Å²) < 4.78 is 8.97. The third-order valence-electron chi connectivity index (χ3n) is 6.36. The van der Waals surface area contributed by atoms with E-state index in [2.05, 4.69) is 54.3 Å². The summed E-state index contributed by atoms with van der Waals surface area (Å²) in [6, 6.07) is 8.44. The van der Waals surface area contributed by atoms with Crippen molar-refractivity contribution in [2.45, 2.75) is 45.7 Å². The van der Waals surface area contributed by atoms with Crippen LogP contribution in [0.1, 0.15) is 38.2 Å². The lowest BCUT2D eigenvalue weighted by molar-refractivity contribution is 0.249. The van der Waals surface area contributed by atoms with Gasteiger partial charge in [0, 0.05) is 26.2 Å². The summed E-state index contributed by atoms with van der Waals surface area (Å²) in [5.74, 6) is 0.202. The standard InChI is InChI=1S/C26H38N10O3/c1-2-3-16-39-25-32-23(27)22-24(33-25)35(26(38)31-22)14-5-13-34(12-4-10-28-11-15-37)17-20-6-8-21(9-7-20)36-19-29-18-30-36/h6-9,18-19,28,37H,2-5,10-17H2,1H3,(H,31,38)(H2,27,32,33). The van der Waals surface area contributed by atoms with Gasteiger partial charge in [-0.2, -0.15) is 15.1 Å². The third-order valence-corrected chi connectivity index (χ3v) is 6.36. The molecule has 13 nitrogen and oxygen atoms in total. The topological polar surface area (TPSA) is 165 Å². The van der Waals surface area contributed by atoms with Gasteiger partial charge in [0.05, 0.1) is 18.9 Å². The van der Waals surface area contributed by atoms with Crippen molar-refractivity contribution in [2.75, 3.05) is 45.1 Å². The first-order chi connectivity index (χ1) is 19.1. The number of ether oxygens (including phenoxy) is 1. The molecule has 0 amide bonds. The van der Waals surface area contributed by atoms with Gasteiger partial charge in [-0.3, -0.25) is 9.47 Å². The molecule has 5 N–H and O–H groups in total. The molecule has 39 heavy (non-hydrogen) atoms. The van der Waals surface area contributed by atoms with Crippen LogP contribution in [0, 0.1) is 0 Å². The van der Waals surface area contributed by atoms with Crippen molar-refractivity contribution in [2.24, 2.45) is 0 Å². The van der Waals surface area contributed by atoms with Gasteiger partial charge in [-0.15, -0.1) is 0 Å². The van der Waals surface area contributed by atoms with Gasteiger partial charge < -0.3 is 25.9 Å². The smallest absolute Gasteiger partial charge is 0.327 e. The molecular weight excluding hydrogens is 500 g/mol. The maximum absolute atomic E-state index is 12.7. The van der Waals surface area contributed by atoms with Gasteiger partial charge >= 0.3 is 11.7 Å². The van der Waals surface area contributed by atoms with Crippen molar-refractivity contribution in [1.29, 1.82) is 0 Å². The highest BCUT2D eigenvalue weighted by Gasteiger charge is 2.15. The Morgan fingerprint density at radius 2 is 1.95 bits per heavy atom. The fourth-order valence-corrected chi connectivity index (χ4v) is 4.32. The maximum atomic E-state index is 12.7. The number of aromatic amines is 1. The first kappa shape index (κ1) is 28.2. The number of hydrogen-bond acceptors (Lipinski definition) is 10. The van der Waals surface area contributed by atoms with Crippen LogP contribution in [0.4, 0.5) is 5.82 Å². The van der Waals surface area contributed by atoms with E-state index in [9.17, 15) is 4.79 Å². The Labute approximate surface area is 227 Å². The fourth-order valence-electron chi connectivity index (χ4n) is 4.32. The molecule has 4 aromatic rings. The number of hydrogen-bond donors (Lipinski definition) is 4. The maximum Gasteiger partial charge on any atom is 0.327 e. The van der Waals surface area contributed by atoms with Crippen LogP contribution in [0.25, 0.3) is 16.9 Å². The van der Waals surface area contributed by atoms with Crippen molar-refractivity contribution >= 4 is 17.0 Å². The number of aliphatic hydroxyl groups excluding tert-OH is 1. The van der Waals surface area contributed by atoms with Crippen molar-refractivity contribution in [1.82, 2.24) is 44.5 Å². The molecule has 0 saturated heterocycles. The molecule has 4 rings (SSSR count). The van der Waals surface area contributed by atoms with Gasteiger partial charge in [0.2, 0.25) is 0 Å². The second-order valence-electron chi connectivity index (χ2n) is 9.34.